The molecule has 3 aromatic rings. The van der Waals surface area contributed by atoms with Crippen molar-refractivity contribution in [1.29, 1.82) is 0 Å². The lowest BCUT2D eigenvalue weighted by molar-refractivity contribution is -0.141. The SMILES string of the molecule is COc1ccc(CC(=O)N(Cc2ccccc2F)C(Cc2ccccc2)C(=O)NC(C)C)cc1. The number of halogens is 1. The standard InChI is InChI=1S/C28H31FN2O3/c1-20(2)30-28(33)26(17-21-9-5-4-6-10-21)31(19-23-11-7-8-12-25(23)29)27(32)18-22-13-15-24(34-3)16-14-22/h4-16,20,26H,17-19H2,1-3H3,(H,30,33). The molecule has 0 saturated heterocycles. The Labute approximate surface area is 200 Å². The summed E-state index contributed by atoms with van der Waals surface area (Å²) in [4.78, 5) is 28.4. The van der Waals surface area contributed by atoms with E-state index in [4.69, 9.17) is 4.74 Å². The lowest BCUT2D eigenvalue weighted by Crippen LogP contribution is -2.52. The van der Waals surface area contributed by atoms with Crippen molar-refractivity contribution in [2.24, 2.45) is 0 Å². The zero-order chi connectivity index (χ0) is 24.5. The van der Waals surface area contributed by atoms with Crippen LogP contribution in [0.5, 0.6) is 5.75 Å². The van der Waals surface area contributed by atoms with Gasteiger partial charge in [0.2, 0.25) is 11.8 Å². The summed E-state index contributed by atoms with van der Waals surface area (Å²) in [6.45, 7) is 3.74. The van der Waals surface area contributed by atoms with Gasteiger partial charge in [-0.15, -0.1) is 0 Å². The quantitative estimate of drug-likeness (QED) is 0.481. The topological polar surface area (TPSA) is 58.6 Å². The summed E-state index contributed by atoms with van der Waals surface area (Å²) in [7, 11) is 1.58. The fourth-order valence-corrected chi connectivity index (χ4v) is 3.76. The molecule has 0 aliphatic rings. The van der Waals surface area contributed by atoms with E-state index in [1.54, 1.807) is 37.4 Å². The molecule has 0 radical (unpaired) electrons. The number of benzene rings is 3. The molecule has 0 fully saturated rings. The molecule has 0 heterocycles. The molecule has 0 aliphatic heterocycles. The maximum Gasteiger partial charge on any atom is 0.243 e. The molecule has 0 aliphatic carbocycles. The predicted molar refractivity (Wildman–Crippen MR) is 131 cm³/mol. The van der Waals surface area contributed by atoms with Gasteiger partial charge >= 0.3 is 0 Å². The molecule has 2 amide bonds. The van der Waals surface area contributed by atoms with Gasteiger partial charge in [0.25, 0.3) is 0 Å². The van der Waals surface area contributed by atoms with Crippen molar-refractivity contribution in [3.05, 3.63) is 101 Å². The number of rotatable bonds is 10. The molecular formula is C28H31FN2O3. The van der Waals surface area contributed by atoms with Crippen LogP contribution < -0.4 is 10.1 Å². The van der Waals surface area contributed by atoms with Crippen molar-refractivity contribution >= 4 is 11.8 Å². The maximum atomic E-state index is 14.6. The van der Waals surface area contributed by atoms with Gasteiger partial charge in [0.05, 0.1) is 13.5 Å². The van der Waals surface area contributed by atoms with Crippen LogP contribution in [0.1, 0.15) is 30.5 Å². The van der Waals surface area contributed by atoms with Gasteiger partial charge in [0, 0.05) is 24.6 Å². The zero-order valence-corrected chi connectivity index (χ0v) is 19.8. The third kappa shape index (κ3) is 6.91. The summed E-state index contributed by atoms with van der Waals surface area (Å²) in [5.74, 6) is -0.239. The largest absolute Gasteiger partial charge is 0.497 e. The van der Waals surface area contributed by atoms with E-state index in [1.165, 1.54) is 11.0 Å². The highest BCUT2D eigenvalue weighted by atomic mass is 19.1. The molecule has 3 rings (SSSR count). The van der Waals surface area contributed by atoms with Crippen LogP contribution in [0.15, 0.2) is 78.9 Å². The van der Waals surface area contributed by atoms with E-state index in [2.05, 4.69) is 5.32 Å². The van der Waals surface area contributed by atoms with Crippen molar-refractivity contribution < 1.29 is 18.7 Å². The molecular weight excluding hydrogens is 431 g/mol. The lowest BCUT2D eigenvalue weighted by Gasteiger charge is -2.32. The van der Waals surface area contributed by atoms with Crippen molar-refractivity contribution in [3.63, 3.8) is 0 Å². The van der Waals surface area contributed by atoms with Crippen molar-refractivity contribution in [3.8, 4) is 5.75 Å². The molecule has 1 N–H and O–H groups in total. The molecule has 5 nitrogen and oxygen atoms in total. The van der Waals surface area contributed by atoms with Crippen molar-refractivity contribution in [2.45, 2.75) is 45.3 Å². The van der Waals surface area contributed by atoms with Gasteiger partial charge in [-0.1, -0.05) is 60.7 Å². The number of ether oxygens (including phenoxy) is 1. The van der Waals surface area contributed by atoms with Gasteiger partial charge in [-0.05, 0) is 43.2 Å². The lowest BCUT2D eigenvalue weighted by atomic mass is 10.0. The maximum absolute atomic E-state index is 14.6. The summed E-state index contributed by atoms with van der Waals surface area (Å²) < 4.78 is 19.8. The summed E-state index contributed by atoms with van der Waals surface area (Å²) in [5, 5.41) is 2.93. The second-order valence-corrected chi connectivity index (χ2v) is 8.51. The van der Waals surface area contributed by atoms with Crippen LogP contribution in [0, 0.1) is 5.82 Å². The van der Waals surface area contributed by atoms with E-state index in [1.807, 2.05) is 56.3 Å². The van der Waals surface area contributed by atoms with Crippen LogP contribution >= 0.6 is 0 Å². The molecule has 0 spiro atoms. The first-order valence-electron chi connectivity index (χ1n) is 11.4. The van der Waals surface area contributed by atoms with Crippen LogP contribution in [-0.2, 0) is 29.0 Å². The molecule has 0 aromatic heterocycles. The first-order valence-corrected chi connectivity index (χ1v) is 11.4. The molecule has 1 unspecified atom stereocenters. The van der Waals surface area contributed by atoms with Gasteiger partial charge in [0.15, 0.2) is 0 Å². The van der Waals surface area contributed by atoms with Crippen molar-refractivity contribution in [1.82, 2.24) is 10.2 Å². The van der Waals surface area contributed by atoms with E-state index >= 15 is 0 Å². The van der Waals surface area contributed by atoms with E-state index in [0.717, 1.165) is 11.1 Å². The fraction of sp³-hybridized carbons (Fsp3) is 0.286. The van der Waals surface area contributed by atoms with Gasteiger partial charge in [-0.2, -0.15) is 0 Å². The third-order valence-corrected chi connectivity index (χ3v) is 5.51. The van der Waals surface area contributed by atoms with Crippen LogP contribution in [0.3, 0.4) is 0 Å². The Kier molecular flexibility index (Phi) is 8.79. The Morgan fingerprint density at radius 3 is 2.18 bits per heavy atom. The minimum atomic E-state index is -0.796. The highest BCUT2D eigenvalue weighted by Crippen LogP contribution is 2.19. The third-order valence-electron chi connectivity index (χ3n) is 5.51. The molecule has 6 heteroatoms. The zero-order valence-electron chi connectivity index (χ0n) is 19.8. The average Bonchev–Trinajstić information content (AvgIpc) is 2.83. The highest BCUT2D eigenvalue weighted by molar-refractivity contribution is 5.89. The molecule has 0 saturated carbocycles. The number of methoxy groups -OCH3 is 1. The Morgan fingerprint density at radius 1 is 0.912 bits per heavy atom. The summed E-state index contributed by atoms with van der Waals surface area (Å²) >= 11 is 0. The molecule has 34 heavy (non-hydrogen) atoms. The van der Waals surface area contributed by atoms with Crippen LogP contribution in [0.2, 0.25) is 0 Å². The Morgan fingerprint density at radius 2 is 1.56 bits per heavy atom. The number of amides is 2. The number of carbonyl (C=O) groups is 2. The van der Waals surface area contributed by atoms with E-state index in [-0.39, 0.29) is 30.8 Å². The Hall–Kier alpha value is -3.67. The van der Waals surface area contributed by atoms with E-state index in [9.17, 15) is 14.0 Å². The predicted octanol–water partition coefficient (Wildman–Crippen LogP) is 4.54. The first-order chi connectivity index (χ1) is 16.4. The number of nitrogens with one attached hydrogen (secondary N) is 1. The number of carbonyl (C=O) groups excluding carboxylic acids is 2. The normalized spacial score (nSPS) is 11.7. The minimum Gasteiger partial charge on any atom is -0.497 e. The van der Waals surface area contributed by atoms with Crippen LogP contribution in [0.25, 0.3) is 0 Å². The summed E-state index contributed by atoms with van der Waals surface area (Å²) in [6, 6.07) is 22.2. The van der Waals surface area contributed by atoms with Crippen molar-refractivity contribution in [2.75, 3.05) is 7.11 Å². The Balaban J connectivity index is 1.96. The van der Waals surface area contributed by atoms with Gasteiger partial charge in [-0.25, -0.2) is 4.39 Å². The number of hydrogen-bond acceptors (Lipinski definition) is 3. The van der Waals surface area contributed by atoms with Crippen LogP contribution in [0.4, 0.5) is 4.39 Å². The first kappa shape index (κ1) is 25.0. The summed E-state index contributed by atoms with van der Waals surface area (Å²) in [5.41, 5.74) is 2.07. The second kappa shape index (κ2) is 12.0. The van der Waals surface area contributed by atoms with Gasteiger partial charge < -0.3 is 15.0 Å². The molecule has 3 aromatic carbocycles. The average molecular weight is 463 g/mol. The second-order valence-electron chi connectivity index (χ2n) is 8.51. The van der Waals surface area contributed by atoms with E-state index in [0.29, 0.717) is 17.7 Å². The van der Waals surface area contributed by atoms with E-state index < -0.39 is 11.9 Å². The Bertz CT molecular complexity index is 1080. The molecule has 0 bridgehead atoms. The fourth-order valence-electron chi connectivity index (χ4n) is 3.76. The molecule has 1 atom stereocenters. The minimum absolute atomic E-state index is 0.00925. The highest BCUT2D eigenvalue weighted by Gasteiger charge is 2.31. The number of nitrogens with zero attached hydrogens (tertiary/aromatic N) is 1. The van der Waals surface area contributed by atoms with Gasteiger partial charge in [-0.3, -0.25) is 9.59 Å². The summed E-state index contributed by atoms with van der Waals surface area (Å²) in [6.07, 6.45) is 0.404. The van der Waals surface area contributed by atoms with Gasteiger partial charge in [0.1, 0.15) is 17.6 Å². The smallest absolute Gasteiger partial charge is 0.243 e. The number of hydrogen-bond donors (Lipinski definition) is 1. The molecule has 178 valence electrons. The van der Waals surface area contributed by atoms with Crippen LogP contribution in [-0.4, -0.2) is 35.9 Å². The monoisotopic (exact) mass is 462 g/mol.